The normalized spacial score (nSPS) is 17.6. The SMILES string of the molecule is CC(=N\O)/C(C)=N/O.CC(=N\O)/C(C)=N/O.CC(=O)[C@@H]1CC[C-]=C[C@@H]1C.CN(C)c1ccncc1.[Co]. The minimum atomic E-state index is 0. The van der Waals surface area contributed by atoms with Crippen LogP contribution in [0.1, 0.15) is 54.4 Å². The number of pyridine rings is 1. The van der Waals surface area contributed by atoms with Crippen molar-refractivity contribution in [3.63, 3.8) is 0 Å². The number of hydrogen-bond donors (Lipinski definition) is 4. The molecule has 2 rings (SSSR count). The predicted molar refractivity (Wildman–Crippen MR) is 139 cm³/mol. The molecular weight excluding hydrogens is 511 g/mol. The van der Waals surface area contributed by atoms with Gasteiger partial charge in [0.2, 0.25) is 0 Å². The van der Waals surface area contributed by atoms with E-state index in [1.165, 1.54) is 33.4 Å². The number of oxime groups is 4. The predicted octanol–water partition coefficient (Wildman–Crippen LogP) is 4.50. The molecule has 1 aromatic heterocycles. The molecule has 0 bridgehead atoms. The summed E-state index contributed by atoms with van der Waals surface area (Å²) in [7, 11) is 4.02. The molecule has 0 spiro atoms. The van der Waals surface area contributed by atoms with Gasteiger partial charge in [-0.1, -0.05) is 34.0 Å². The second kappa shape index (κ2) is 22.2. The van der Waals surface area contributed by atoms with Gasteiger partial charge in [-0.25, -0.2) is 0 Å². The fraction of sp³-hybridized carbons (Fsp3) is 0.500. The Balaban J connectivity index is -0.000000402. The van der Waals surface area contributed by atoms with Crippen LogP contribution in [0.3, 0.4) is 0 Å². The molecule has 0 aliphatic heterocycles. The number of carbonyl (C=O) groups excluding carboxylic acids is 1. The molecule has 1 aliphatic rings. The van der Waals surface area contributed by atoms with E-state index in [1.807, 2.05) is 37.2 Å². The number of hydrogen-bond acceptors (Lipinski definition) is 11. The molecule has 0 unspecified atom stereocenters. The van der Waals surface area contributed by atoms with Gasteiger partial charge in [-0.15, -0.1) is 0 Å². The molecule has 12 heteroatoms. The van der Waals surface area contributed by atoms with E-state index in [2.05, 4.69) is 38.6 Å². The molecule has 0 aromatic carbocycles. The van der Waals surface area contributed by atoms with E-state index in [9.17, 15) is 4.79 Å². The monoisotopic (exact) mass is 550 g/mol. The Morgan fingerprint density at radius 2 is 1.28 bits per heavy atom. The summed E-state index contributed by atoms with van der Waals surface area (Å²) in [5.41, 5.74) is 2.44. The molecule has 0 fully saturated rings. The van der Waals surface area contributed by atoms with Crippen LogP contribution in [0.4, 0.5) is 5.69 Å². The third kappa shape index (κ3) is 17.2. The number of nitrogens with zero attached hydrogens (tertiary/aromatic N) is 6. The Labute approximate surface area is 224 Å². The summed E-state index contributed by atoms with van der Waals surface area (Å²) in [4.78, 5) is 16.9. The zero-order chi connectivity index (χ0) is 27.4. The summed E-state index contributed by atoms with van der Waals surface area (Å²) < 4.78 is 0. The maximum atomic E-state index is 11.0. The fourth-order valence-corrected chi connectivity index (χ4v) is 2.39. The maximum absolute atomic E-state index is 11.0. The zero-order valence-corrected chi connectivity index (χ0v) is 23.2. The van der Waals surface area contributed by atoms with Crippen molar-refractivity contribution in [2.45, 2.75) is 54.4 Å². The first-order chi connectivity index (χ1) is 16.5. The van der Waals surface area contributed by atoms with E-state index < -0.39 is 0 Å². The average molecular weight is 551 g/mol. The van der Waals surface area contributed by atoms with Gasteiger partial charge in [0.1, 0.15) is 28.6 Å². The van der Waals surface area contributed by atoms with Gasteiger partial charge in [0, 0.05) is 54.9 Å². The minimum absolute atomic E-state index is 0. The molecule has 0 saturated heterocycles. The van der Waals surface area contributed by atoms with Crippen molar-refractivity contribution < 1.29 is 42.4 Å². The molecule has 0 amide bonds. The van der Waals surface area contributed by atoms with E-state index in [0.717, 1.165) is 12.8 Å². The van der Waals surface area contributed by atoms with Crippen molar-refractivity contribution in [2.75, 3.05) is 19.0 Å². The molecule has 1 heterocycles. The molecule has 36 heavy (non-hydrogen) atoms. The molecule has 0 saturated carbocycles. The summed E-state index contributed by atoms with van der Waals surface area (Å²) in [5, 5.41) is 43.3. The second-order valence-corrected chi connectivity index (χ2v) is 7.83. The first-order valence-electron chi connectivity index (χ1n) is 10.9. The van der Waals surface area contributed by atoms with Crippen LogP contribution >= 0.6 is 0 Å². The van der Waals surface area contributed by atoms with Gasteiger partial charge in [0.25, 0.3) is 0 Å². The molecule has 1 aliphatic carbocycles. The van der Waals surface area contributed by atoms with E-state index in [4.69, 9.17) is 20.8 Å². The van der Waals surface area contributed by atoms with Crippen LogP contribution in [0.25, 0.3) is 0 Å². The molecule has 205 valence electrons. The van der Waals surface area contributed by atoms with Crippen LogP contribution in [-0.2, 0) is 21.6 Å². The van der Waals surface area contributed by atoms with Gasteiger partial charge in [0.15, 0.2) is 0 Å². The van der Waals surface area contributed by atoms with Gasteiger partial charge in [-0.05, 0) is 52.7 Å². The van der Waals surface area contributed by atoms with Crippen molar-refractivity contribution in [1.82, 2.24) is 4.98 Å². The van der Waals surface area contributed by atoms with Crippen molar-refractivity contribution in [2.24, 2.45) is 32.5 Å². The number of aromatic nitrogens is 1. The van der Waals surface area contributed by atoms with Crippen LogP contribution in [0.5, 0.6) is 0 Å². The topological polar surface area (TPSA) is 164 Å². The third-order valence-corrected chi connectivity index (χ3v) is 4.96. The van der Waals surface area contributed by atoms with Gasteiger partial charge >= 0.3 is 0 Å². The number of allylic oxidation sites excluding steroid dienone is 2. The van der Waals surface area contributed by atoms with Gasteiger partial charge < -0.3 is 31.8 Å². The molecular formula is C24H39CoN6O5-. The third-order valence-electron chi connectivity index (χ3n) is 4.96. The van der Waals surface area contributed by atoms with Crippen LogP contribution < -0.4 is 4.90 Å². The number of Topliss-reactive ketones (excluding diaryl/α,β-unsaturated/α-hetero) is 1. The molecule has 1 radical (unpaired) electrons. The van der Waals surface area contributed by atoms with Crippen LogP contribution in [-0.4, -0.2) is 68.5 Å². The Morgan fingerprint density at radius 1 is 0.889 bits per heavy atom. The molecule has 4 N–H and O–H groups in total. The van der Waals surface area contributed by atoms with Crippen molar-refractivity contribution in [3.8, 4) is 0 Å². The maximum Gasteiger partial charge on any atom is 0.133 e. The number of ketones is 1. The van der Waals surface area contributed by atoms with Crippen molar-refractivity contribution in [3.05, 3.63) is 36.7 Å². The van der Waals surface area contributed by atoms with E-state index >= 15 is 0 Å². The molecule has 11 nitrogen and oxygen atoms in total. The summed E-state index contributed by atoms with van der Waals surface area (Å²) in [6.45, 7) is 9.91. The van der Waals surface area contributed by atoms with Crippen LogP contribution in [0, 0.1) is 17.9 Å². The number of anilines is 1. The Morgan fingerprint density at radius 3 is 1.50 bits per heavy atom. The number of carbonyl (C=O) groups is 1. The first kappa shape index (κ1) is 37.3. The zero-order valence-electron chi connectivity index (χ0n) is 22.2. The standard InChI is InChI=1S/C9H13O.C7H10N2.2C4H8N2O2.Co/c1-7-5-3-4-6-9(7)8(2)10;1-9(2)7-3-5-8-6-4-7;2*1-3(5-7)4(2)6-8;/h5,7,9H,4,6H2,1-2H3;3-6H,1-2H3;2*7-8H,1-2H3;/q-1;;;;/b;;2*5-3+,6-4+;/t7-,9+;;;;/m0..../s1. The van der Waals surface area contributed by atoms with Crippen LogP contribution in [0.15, 0.2) is 51.2 Å². The Bertz CT molecular complexity index is 822. The van der Waals surface area contributed by atoms with E-state index in [-0.39, 0.29) is 22.7 Å². The Kier molecular flexibility index (Phi) is 23.0. The number of rotatable bonds is 4. The van der Waals surface area contributed by atoms with Crippen LogP contribution in [0.2, 0.25) is 0 Å². The van der Waals surface area contributed by atoms with Gasteiger partial charge in [0.05, 0.1) is 0 Å². The van der Waals surface area contributed by atoms with Crippen molar-refractivity contribution in [1.29, 1.82) is 0 Å². The smallest absolute Gasteiger partial charge is 0.133 e. The first-order valence-corrected chi connectivity index (χ1v) is 10.9. The van der Waals surface area contributed by atoms with E-state index in [1.54, 1.807) is 19.3 Å². The quantitative estimate of drug-likeness (QED) is 0.186. The summed E-state index contributed by atoms with van der Waals surface area (Å²) in [6, 6.07) is 3.94. The average Bonchev–Trinajstić information content (AvgIpc) is 2.88. The Hall–Kier alpha value is -3.25. The minimum Gasteiger partial charge on any atom is -0.500 e. The fourth-order valence-electron chi connectivity index (χ4n) is 2.39. The molecule has 2 atom stereocenters. The van der Waals surface area contributed by atoms with E-state index in [0.29, 0.717) is 34.5 Å². The van der Waals surface area contributed by atoms with Gasteiger partial charge in [-0.3, -0.25) is 15.9 Å². The summed E-state index contributed by atoms with van der Waals surface area (Å²) >= 11 is 0. The second-order valence-electron chi connectivity index (χ2n) is 7.83. The van der Waals surface area contributed by atoms with Crippen molar-refractivity contribution >= 4 is 34.3 Å². The summed E-state index contributed by atoms with van der Waals surface area (Å²) in [5.74, 6) is 0.998. The van der Waals surface area contributed by atoms with Gasteiger partial charge in [-0.2, -0.15) is 6.42 Å². The largest absolute Gasteiger partial charge is 0.500 e. The summed E-state index contributed by atoms with van der Waals surface area (Å²) in [6.07, 6.45) is 10.7. The molecule has 1 aromatic rings.